The van der Waals surface area contributed by atoms with Gasteiger partial charge < -0.3 is 15.0 Å². The molecule has 1 atom stereocenters. The van der Waals surface area contributed by atoms with Gasteiger partial charge in [0, 0.05) is 51.5 Å². The normalized spacial score (nSPS) is 12.3. The van der Waals surface area contributed by atoms with E-state index in [0.717, 1.165) is 17.0 Å². The van der Waals surface area contributed by atoms with E-state index in [0.29, 0.717) is 69.6 Å². The molecule has 0 fully saturated rings. The van der Waals surface area contributed by atoms with Crippen LogP contribution < -0.4 is 16.6 Å². The number of nitrogens with one attached hydrogen (secondary N) is 1. The summed E-state index contributed by atoms with van der Waals surface area (Å²) < 4.78 is 4.93. The average Bonchev–Trinajstić information content (AvgIpc) is 3.27. The molecule has 1 unspecified atom stereocenters. The van der Waals surface area contributed by atoms with Crippen LogP contribution in [0.3, 0.4) is 0 Å². The van der Waals surface area contributed by atoms with E-state index in [2.05, 4.69) is 10.3 Å². The first-order valence-corrected chi connectivity index (χ1v) is 13.1. The summed E-state index contributed by atoms with van der Waals surface area (Å²) in [6.07, 6.45) is 5.57. The topological polar surface area (TPSA) is 107 Å². The lowest BCUT2D eigenvalue weighted by Gasteiger charge is -2.14. The molecule has 0 bridgehead atoms. The first-order chi connectivity index (χ1) is 18.0. The van der Waals surface area contributed by atoms with Crippen LogP contribution in [0.4, 0.5) is 0 Å². The van der Waals surface area contributed by atoms with Crippen LogP contribution in [0.5, 0.6) is 0 Å². The summed E-state index contributed by atoms with van der Waals surface area (Å²) in [6.45, 7) is 6.20. The Morgan fingerprint density at radius 2 is 1.68 bits per heavy atom. The fourth-order valence-corrected chi connectivity index (χ4v) is 4.51. The van der Waals surface area contributed by atoms with E-state index in [4.69, 9.17) is 4.98 Å². The molecule has 0 radical (unpaired) electrons. The Morgan fingerprint density at radius 3 is 2.38 bits per heavy atom. The van der Waals surface area contributed by atoms with E-state index in [-0.39, 0.29) is 11.2 Å². The first-order valence-electron chi connectivity index (χ1n) is 13.1. The van der Waals surface area contributed by atoms with E-state index in [1.165, 1.54) is 4.57 Å². The number of hydrogen-bond acceptors (Lipinski definition) is 6. The van der Waals surface area contributed by atoms with Crippen LogP contribution in [0.25, 0.3) is 11.2 Å². The second kappa shape index (κ2) is 12.6. The highest BCUT2D eigenvalue weighted by Crippen LogP contribution is 2.16. The summed E-state index contributed by atoms with van der Waals surface area (Å²) in [5.74, 6) is 0.721. The molecule has 0 saturated carbocycles. The van der Waals surface area contributed by atoms with Crippen molar-refractivity contribution in [3.05, 3.63) is 92.6 Å². The summed E-state index contributed by atoms with van der Waals surface area (Å²) in [5, 5.41) is 13.2. The smallest absolute Gasteiger partial charge is 0.332 e. The van der Waals surface area contributed by atoms with Crippen LogP contribution >= 0.6 is 0 Å². The summed E-state index contributed by atoms with van der Waals surface area (Å²) >= 11 is 0. The van der Waals surface area contributed by atoms with Crippen LogP contribution in [0.1, 0.15) is 43.6 Å². The third-order valence-corrected chi connectivity index (χ3v) is 6.58. The van der Waals surface area contributed by atoms with Gasteiger partial charge in [0.15, 0.2) is 11.2 Å². The average molecular weight is 505 g/mol. The molecule has 3 aromatic heterocycles. The van der Waals surface area contributed by atoms with Crippen LogP contribution in [-0.4, -0.2) is 48.0 Å². The predicted molar refractivity (Wildman–Crippen MR) is 145 cm³/mol. The van der Waals surface area contributed by atoms with Gasteiger partial charge in [0.1, 0.15) is 5.82 Å². The molecule has 37 heavy (non-hydrogen) atoms. The summed E-state index contributed by atoms with van der Waals surface area (Å²) in [5.41, 5.74) is 2.39. The van der Waals surface area contributed by atoms with Crippen molar-refractivity contribution in [3.8, 4) is 0 Å². The van der Waals surface area contributed by atoms with Crippen molar-refractivity contribution in [1.82, 2.24) is 29.0 Å². The van der Waals surface area contributed by atoms with Gasteiger partial charge in [0.25, 0.3) is 5.56 Å². The highest BCUT2D eigenvalue weighted by molar-refractivity contribution is 5.71. The number of pyridine rings is 1. The molecular formula is C28H36N6O3. The molecule has 0 aliphatic heterocycles. The summed E-state index contributed by atoms with van der Waals surface area (Å²) in [6, 6.07) is 13.9. The van der Waals surface area contributed by atoms with Gasteiger partial charge in [-0.1, -0.05) is 44.2 Å². The standard InChI is InChI=1S/C28H36N6O3/c1-3-16-34-27(36)25-26(33(28(34)37)17-12-21-8-6-5-7-9-21)31-24(19-22-10-13-29-14-11-22)32(25)18-15-30-20-23(35)4-2/h5-11,13-14,23,30,35H,3-4,12,15-20H2,1-2H3. The highest BCUT2D eigenvalue weighted by Gasteiger charge is 2.21. The van der Waals surface area contributed by atoms with Gasteiger partial charge in [-0.15, -0.1) is 0 Å². The number of imidazole rings is 1. The molecule has 0 saturated heterocycles. The fourth-order valence-electron chi connectivity index (χ4n) is 4.51. The molecule has 4 rings (SSSR count). The van der Waals surface area contributed by atoms with Crippen LogP contribution in [0.2, 0.25) is 0 Å². The molecule has 0 aliphatic carbocycles. The van der Waals surface area contributed by atoms with Gasteiger partial charge in [-0.05, 0) is 42.5 Å². The first kappa shape index (κ1) is 26.5. The Hall–Kier alpha value is -3.56. The number of fused-ring (bicyclic) bond motifs is 1. The van der Waals surface area contributed by atoms with Crippen LogP contribution in [0.15, 0.2) is 64.4 Å². The van der Waals surface area contributed by atoms with Crippen molar-refractivity contribution in [1.29, 1.82) is 0 Å². The van der Waals surface area contributed by atoms with Gasteiger partial charge in [-0.25, -0.2) is 9.78 Å². The monoisotopic (exact) mass is 504 g/mol. The van der Waals surface area contributed by atoms with Crippen molar-refractivity contribution >= 4 is 11.2 Å². The zero-order chi connectivity index (χ0) is 26.2. The number of aliphatic hydroxyl groups is 1. The molecule has 0 spiro atoms. The zero-order valence-electron chi connectivity index (χ0n) is 21.6. The molecule has 4 aromatic rings. The summed E-state index contributed by atoms with van der Waals surface area (Å²) in [7, 11) is 0. The minimum absolute atomic E-state index is 0.306. The fraction of sp³-hybridized carbons (Fsp3) is 0.429. The molecule has 2 N–H and O–H groups in total. The number of aliphatic hydroxyl groups excluding tert-OH is 1. The quantitative estimate of drug-likeness (QED) is 0.271. The maximum atomic E-state index is 13.7. The number of aromatic nitrogens is 5. The third-order valence-electron chi connectivity index (χ3n) is 6.58. The van der Waals surface area contributed by atoms with Crippen LogP contribution in [-0.2, 0) is 32.5 Å². The highest BCUT2D eigenvalue weighted by atomic mass is 16.3. The SMILES string of the molecule is CCCn1c(=O)c2c(nc(Cc3ccncc3)n2CCNCC(O)CC)n(CCc2ccccc2)c1=O. The van der Waals surface area contributed by atoms with Crippen molar-refractivity contribution in [2.75, 3.05) is 13.1 Å². The Morgan fingerprint density at radius 1 is 0.919 bits per heavy atom. The number of hydrogen-bond donors (Lipinski definition) is 2. The Bertz CT molecular complexity index is 1410. The number of rotatable bonds is 13. The second-order valence-corrected chi connectivity index (χ2v) is 9.28. The lowest BCUT2D eigenvalue weighted by molar-refractivity contribution is 0.167. The Balaban J connectivity index is 1.80. The number of benzene rings is 1. The molecule has 196 valence electrons. The van der Waals surface area contributed by atoms with E-state index in [1.807, 2.05) is 60.9 Å². The largest absolute Gasteiger partial charge is 0.392 e. The predicted octanol–water partition coefficient (Wildman–Crippen LogP) is 2.36. The van der Waals surface area contributed by atoms with E-state index in [1.54, 1.807) is 17.0 Å². The number of aryl methyl sites for hydroxylation is 2. The summed E-state index contributed by atoms with van der Waals surface area (Å²) in [4.78, 5) is 36.1. The van der Waals surface area contributed by atoms with Crippen LogP contribution in [0, 0.1) is 0 Å². The minimum atomic E-state index is -0.416. The van der Waals surface area contributed by atoms with Gasteiger partial charge in [-0.2, -0.15) is 0 Å². The third kappa shape index (κ3) is 6.23. The van der Waals surface area contributed by atoms with Gasteiger partial charge in [0.2, 0.25) is 0 Å². The zero-order valence-corrected chi connectivity index (χ0v) is 21.6. The van der Waals surface area contributed by atoms with Crippen molar-refractivity contribution in [2.45, 2.75) is 65.3 Å². The maximum absolute atomic E-state index is 13.7. The van der Waals surface area contributed by atoms with Crippen molar-refractivity contribution < 1.29 is 5.11 Å². The van der Waals surface area contributed by atoms with E-state index in [9.17, 15) is 14.7 Å². The molecule has 9 heteroatoms. The molecular weight excluding hydrogens is 468 g/mol. The Labute approximate surface area is 216 Å². The van der Waals surface area contributed by atoms with Gasteiger partial charge in [0.05, 0.1) is 6.10 Å². The maximum Gasteiger partial charge on any atom is 0.332 e. The minimum Gasteiger partial charge on any atom is -0.392 e. The van der Waals surface area contributed by atoms with E-state index < -0.39 is 6.10 Å². The molecule has 0 amide bonds. The second-order valence-electron chi connectivity index (χ2n) is 9.28. The number of nitrogens with zero attached hydrogens (tertiary/aromatic N) is 5. The van der Waals surface area contributed by atoms with Gasteiger partial charge in [-0.3, -0.25) is 18.9 Å². The van der Waals surface area contributed by atoms with Gasteiger partial charge >= 0.3 is 5.69 Å². The van der Waals surface area contributed by atoms with E-state index >= 15 is 0 Å². The van der Waals surface area contributed by atoms with Crippen molar-refractivity contribution in [3.63, 3.8) is 0 Å². The lowest BCUT2D eigenvalue weighted by Crippen LogP contribution is -2.41. The lowest BCUT2D eigenvalue weighted by atomic mass is 10.1. The molecule has 9 nitrogen and oxygen atoms in total. The molecule has 0 aliphatic rings. The molecule has 1 aromatic carbocycles. The Kier molecular flexibility index (Phi) is 9.03. The van der Waals surface area contributed by atoms with Crippen molar-refractivity contribution in [2.24, 2.45) is 0 Å². The molecule has 3 heterocycles.